The lowest BCUT2D eigenvalue weighted by Crippen LogP contribution is -2.12. The van der Waals surface area contributed by atoms with Crippen LogP contribution in [-0.4, -0.2) is 21.0 Å². The minimum atomic E-state index is -0.0997. The summed E-state index contributed by atoms with van der Waals surface area (Å²) in [5.74, 6) is 0.885. The van der Waals surface area contributed by atoms with Crippen LogP contribution in [0.25, 0.3) is 22.6 Å². The van der Waals surface area contributed by atoms with E-state index in [1.54, 1.807) is 11.3 Å². The van der Waals surface area contributed by atoms with Gasteiger partial charge in [-0.2, -0.15) is 4.98 Å². The fraction of sp³-hybridized carbons (Fsp3) is 0.182. The summed E-state index contributed by atoms with van der Waals surface area (Å²) < 4.78 is 5.27. The van der Waals surface area contributed by atoms with Gasteiger partial charge >= 0.3 is 0 Å². The summed E-state index contributed by atoms with van der Waals surface area (Å²) in [6.07, 6.45) is 0.656. The number of aryl methyl sites for hydroxylation is 3. The molecule has 1 N–H and O–H groups in total. The Morgan fingerprint density at radius 3 is 2.41 bits per heavy atom. The van der Waals surface area contributed by atoms with Crippen LogP contribution in [-0.2, 0) is 11.2 Å². The molecule has 2 aromatic heterocycles. The Morgan fingerprint density at radius 1 is 1.00 bits per heavy atom. The normalized spacial score (nSPS) is 10.8. The van der Waals surface area contributed by atoms with Crippen molar-refractivity contribution in [3.05, 3.63) is 70.4 Å². The molecule has 0 saturated carbocycles. The van der Waals surface area contributed by atoms with Crippen molar-refractivity contribution in [3.63, 3.8) is 0 Å². The van der Waals surface area contributed by atoms with Crippen molar-refractivity contribution in [2.24, 2.45) is 0 Å². The molecule has 2 aromatic carbocycles. The van der Waals surface area contributed by atoms with Crippen LogP contribution in [0.15, 0.2) is 58.4 Å². The van der Waals surface area contributed by atoms with Gasteiger partial charge in [0.15, 0.2) is 0 Å². The van der Waals surface area contributed by atoms with Crippen LogP contribution >= 0.6 is 11.3 Å². The summed E-state index contributed by atoms with van der Waals surface area (Å²) in [5.41, 5.74) is 4.79. The average Bonchev–Trinajstić information content (AvgIpc) is 3.37. The lowest BCUT2D eigenvalue weighted by molar-refractivity contribution is -0.116. The number of amides is 1. The van der Waals surface area contributed by atoms with Gasteiger partial charge in [0, 0.05) is 35.0 Å². The van der Waals surface area contributed by atoms with Crippen LogP contribution in [0.1, 0.15) is 22.9 Å². The summed E-state index contributed by atoms with van der Waals surface area (Å²) in [6.45, 7) is 4.01. The van der Waals surface area contributed by atoms with Crippen molar-refractivity contribution in [2.75, 3.05) is 5.32 Å². The minimum absolute atomic E-state index is 0.0997. The van der Waals surface area contributed by atoms with E-state index < -0.39 is 0 Å². The first kappa shape index (κ1) is 19.0. The van der Waals surface area contributed by atoms with Crippen LogP contribution in [0.3, 0.4) is 0 Å². The summed E-state index contributed by atoms with van der Waals surface area (Å²) in [4.78, 5) is 21.1. The highest BCUT2D eigenvalue weighted by atomic mass is 32.1. The number of carbonyl (C=O) groups excluding carboxylic acids is 1. The first-order chi connectivity index (χ1) is 14.1. The van der Waals surface area contributed by atoms with E-state index in [-0.39, 0.29) is 12.3 Å². The highest BCUT2D eigenvalue weighted by molar-refractivity contribution is 7.09. The highest BCUT2D eigenvalue weighted by Crippen LogP contribution is 2.23. The molecule has 0 unspecified atom stereocenters. The summed E-state index contributed by atoms with van der Waals surface area (Å²) in [5, 5.41) is 9.95. The Morgan fingerprint density at radius 2 is 1.72 bits per heavy atom. The third-order valence-electron chi connectivity index (χ3n) is 4.43. The van der Waals surface area contributed by atoms with E-state index in [0.29, 0.717) is 18.1 Å². The maximum Gasteiger partial charge on any atom is 0.227 e. The SMILES string of the molecule is Cc1ccc(-c2noc(CCC(=O)Nc3ccc(-c4csc(C)n4)cc3)n2)cc1. The lowest BCUT2D eigenvalue weighted by Gasteiger charge is -2.05. The molecule has 0 fully saturated rings. The van der Waals surface area contributed by atoms with E-state index in [1.807, 2.05) is 67.8 Å². The Hall–Kier alpha value is -3.32. The molecule has 0 spiro atoms. The molecule has 0 bridgehead atoms. The molecule has 146 valence electrons. The van der Waals surface area contributed by atoms with E-state index in [2.05, 4.69) is 20.4 Å². The molecule has 0 saturated heterocycles. The van der Waals surface area contributed by atoms with Crippen LogP contribution < -0.4 is 5.32 Å². The van der Waals surface area contributed by atoms with Gasteiger partial charge in [-0.05, 0) is 26.0 Å². The topological polar surface area (TPSA) is 80.9 Å². The summed E-state index contributed by atoms with van der Waals surface area (Å²) in [7, 11) is 0. The van der Waals surface area contributed by atoms with E-state index in [0.717, 1.165) is 27.5 Å². The fourth-order valence-electron chi connectivity index (χ4n) is 2.84. The molecule has 0 radical (unpaired) electrons. The van der Waals surface area contributed by atoms with E-state index in [1.165, 1.54) is 5.56 Å². The van der Waals surface area contributed by atoms with Crippen molar-refractivity contribution in [1.29, 1.82) is 0 Å². The van der Waals surface area contributed by atoms with E-state index >= 15 is 0 Å². The molecule has 0 aliphatic carbocycles. The Labute approximate surface area is 172 Å². The highest BCUT2D eigenvalue weighted by Gasteiger charge is 2.11. The predicted molar refractivity (Wildman–Crippen MR) is 114 cm³/mol. The van der Waals surface area contributed by atoms with Gasteiger partial charge in [-0.15, -0.1) is 11.3 Å². The number of nitrogens with one attached hydrogen (secondary N) is 1. The maximum atomic E-state index is 12.2. The zero-order valence-electron chi connectivity index (χ0n) is 16.2. The molecule has 2 heterocycles. The largest absolute Gasteiger partial charge is 0.339 e. The Bertz CT molecular complexity index is 1110. The van der Waals surface area contributed by atoms with Gasteiger partial charge in [-0.1, -0.05) is 47.1 Å². The summed E-state index contributed by atoms with van der Waals surface area (Å²) >= 11 is 1.62. The van der Waals surface area contributed by atoms with Gasteiger partial charge in [-0.25, -0.2) is 4.98 Å². The summed E-state index contributed by atoms with van der Waals surface area (Å²) in [6, 6.07) is 15.6. The first-order valence-corrected chi connectivity index (χ1v) is 10.2. The molecule has 7 heteroatoms. The zero-order valence-corrected chi connectivity index (χ0v) is 17.0. The second-order valence-corrected chi connectivity index (χ2v) is 7.82. The number of hydrogen-bond donors (Lipinski definition) is 1. The van der Waals surface area contributed by atoms with Crippen LogP contribution in [0.5, 0.6) is 0 Å². The molecular weight excluding hydrogens is 384 g/mol. The van der Waals surface area contributed by atoms with Gasteiger partial charge in [0.1, 0.15) is 0 Å². The molecule has 6 nitrogen and oxygen atoms in total. The number of nitrogens with zero attached hydrogens (tertiary/aromatic N) is 3. The second kappa shape index (κ2) is 8.36. The van der Waals surface area contributed by atoms with Crippen LogP contribution in [0.4, 0.5) is 5.69 Å². The van der Waals surface area contributed by atoms with Crippen molar-refractivity contribution in [1.82, 2.24) is 15.1 Å². The van der Waals surface area contributed by atoms with Gasteiger partial charge < -0.3 is 9.84 Å². The Balaban J connectivity index is 1.31. The Kier molecular flexibility index (Phi) is 5.48. The van der Waals surface area contributed by atoms with Crippen molar-refractivity contribution in [3.8, 4) is 22.6 Å². The third kappa shape index (κ3) is 4.75. The maximum absolute atomic E-state index is 12.2. The molecule has 4 aromatic rings. The molecule has 29 heavy (non-hydrogen) atoms. The lowest BCUT2D eigenvalue weighted by atomic mass is 10.1. The smallest absolute Gasteiger partial charge is 0.227 e. The van der Waals surface area contributed by atoms with Gasteiger partial charge in [0.2, 0.25) is 17.6 Å². The van der Waals surface area contributed by atoms with Crippen molar-refractivity contribution < 1.29 is 9.32 Å². The minimum Gasteiger partial charge on any atom is -0.339 e. The van der Waals surface area contributed by atoms with Gasteiger partial charge in [-0.3, -0.25) is 4.79 Å². The number of aromatic nitrogens is 3. The molecule has 4 rings (SSSR count). The van der Waals surface area contributed by atoms with E-state index in [9.17, 15) is 4.79 Å². The number of carbonyl (C=O) groups is 1. The standard InChI is InChI=1S/C22H20N4O2S/c1-14-3-5-17(6-4-14)22-25-21(28-26-22)12-11-20(27)24-18-9-7-16(8-10-18)19-13-29-15(2)23-19/h3-10,13H,11-12H2,1-2H3,(H,24,27). The van der Waals surface area contributed by atoms with Gasteiger partial charge in [0.05, 0.1) is 10.7 Å². The molecule has 0 atom stereocenters. The number of thiazole rings is 1. The zero-order chi connectivity index (χ0) is 20.2. The number of anilines is 1. The monoisotopic (exact) mass is 404 g/mol. The second-order valence-electron chi connectivity index (χ2n) is 6.76. The van der Waals surface area contributed by atoms with Crippen LogP contribution in [0, 0.1) is 13.8 Å². The first-order valence-electron chi connectivity index (χ1n) is 9.29. The third-order valence-corrected chi connectivity index (χ3v) is 5.20. The number of rotatable bonds is 6. The molecule has 0 aliphatic heterocycles. The quantitative estimate of drug-likeness (QED) is 0.486. The fourth-order valence-corrected chi connectivity index (χ4v) is 3.46. The molecular formula is C22H20N4O2S. The molecule has 0 aliphatic rings. The van der Waals surface area contributed by atoms with Crippen LogP contribution in [0.2, 0.25) is 0 Å². The van der Waals surface area contributed by atoms with E-state index in [4.69, 9.17) is 4.52 Å². The van der Waals surface area contributed by atoms with Crippen molar-refractivity contribution >= 4 is 22.9 Å². The average molecular weight is 404 g/mol. The number of benzene rings is 2. The number of hydrogen-bond acceptors (Lipinski definition) is 6. The predicted octanol–water partition coefficient (Wildman–Crippen LogP) is 5.05. The molecule has 1 amide bonds. The van der Waals surface area contributed by atoms with Gasteiger partial charge in [0.25, 0.3) is 0 Å². The van der Waals surface area contributed by atoms with Crippen molar-refractivity contribution in [2.45, 2.75) is 26.7 Å².